The van der Waals surface area contributed by atoms with Gasteiger partial charge in [0.25, 0.3) is 0 Å². The van der Waals surface area contributed by atoms with Crippen molar-refractivity contribution < 1.29 is 4.79 Å². The molecule has 3 atom stereocenters. The molecular formula is C18H29ClN2O. The van der Waals surface area contributed by atoms with Gasteiger partial charge in [0.2, 0.25) is 5.91 Å². The fourth-order valence-corrected chi connectivity index (χ4v) is 3.39. The molecule has 4 heteroatoms. The first-order chi connectivity index (χ1) is 10.2. The first kappa shape index (κ1) is 19.0. The number of hydrogen-bond donors (Lipinski definition) is 2. The van der Waals surface area contributed by atoms with E-state index in [-0.39, 0.29) is 24.4 Å². The lowest BCUT2D eigenvalue weighted by Gasteiger charge is -2.31. The van der Waals surface area contributed by atoms with E-state index < -0.39 is 0 Å². The predicted molar refractivity (Wildman–Crippen MR) is 94.3 cm³/mol. The maximum absolute atomic E-state index is 12.4. The number of carbonyl (C=O) groups is 1. The summed E-state index contributed by atoms with van der Waals surface area (Å²) >= 11 is 0. The second-order valence-electron chi connectivity index (χ2n) is 6.17. The highest BCUT2D eigenvalue weighted by atomic mass is 35.5. The zero-order chi connectivity index (χ0) is 15.1. The second-order valence-corrected chi connectivity index (χ2v) is 6.17. The minimum Gasteiger partial charge on any atom is -0.353 e. The highest BCUT2D eigenvalue weighted by Gasteiger charge is 2.26. The van der Waals surface area contributed by atoms with Gasteiger partial charge in [0, 0.05) is 12.5 Å². The van der Waals surface area contributed by atoms with Crippen molar-refractivity contribution in [1.29, 1.82) is 0 Å². The van der Waals surface area contributed by atoms with E-state index in [0.29, 0.717) is 24.8 Å². The van der Waals surface area contributed by atoms with Gasteiger partial charge in [-0.15, -0.1) is 12.4 Å². The molecule has 3 unspecified atom stereocenters. The van der Waals surface area contributed by atoms with Crippen LogP contribution in [0.15, 0.2) is 30.3 Å². The Kier molecular flexibility index (Phi) is 8.51. The van der Waals surface area contributed by atoms with Crippen LogP contribution in [-0.2, 0) is 4.79 Å². The van der Waals surface area contributed by atoms with Crippen LogP contribution < -0.4 is 11.1 Å². The number of rotatable bonds is 6. The number of carbonyl (C=O) groups excluding carboxylic acids is 1. The largest absolute Gasteiger partial charge is 0.353 e. The highest BCUT2D eigenvalue weighted by Crippen LogP contribution is 2.26. The summed E-state index contributed by atoms with van der Waals surface area (Å²) in [6.45, 7) is 2.83. The number of benzene rings is 1. The summed E-state index contributed by atoms with van der Waals surface area (Å²) in [4.78, 5) is 12.4. The van der Waals surface area contributed by atoms with Crippen molar-refractivity contribution in [3.05, 3.63) is 35.9 Å². The Hall–Kier alpha value is -1.06. The van der Waals surface area contributed by atoms with Crippen molar-refractivity contribution in [3.63, 3.8) is 0 Å². The van der Waals surface area contributed by atoms with Gasteiger partial charge in [-0.25, -0.2) is 0 Å². The maximum Gasteiger partial charge on any atom is 0.220 e. The van der Waals surface area contributed by atoms with Crippen molar-refractivity contribution in [2.45, 2.75) is 57.4 Å². The number of nitrogens with two attached hydrogens (primary N) is 1. The Morgan fingerprint density at radius 2 is 1.95 bits per heavy atom. The van der Waals surface area contributed by atoms with Gasteiger partial charge in [0.1, 0.15) is 0 Å². The third-order valence-corrected chi connectivity index (χ3v) is 4.75. The molecule has 0 aromatic heterocycles. The van der Waals surface area contributed by atoms with Crippen LogP contribution in [0.2, 0.25) is 0 Å². The minimum atomic E-state index is 0. The summed E-state index contributed by atoms with van der Waals surface area (Å²) in [6.07, 6.45) is 6.25. The van der Waals surface area contributed by atoms with E-state index in [0.717, 1.165) is 19.3 Å². The van der Waals surface area contributed by atoms with Crippen molar-refractivity contribution in [2.75, 3.05) is 6.54 Å². The number of amides is 1. The smallest absolute Gasteiger partial charge is 0.220 e. The molecule has 3 N–H and O–H groups in total. The Morgan fingerprint density at radius 1 is 1.27 bits per heavy atom. The molecule has 1 aromatic rings. The van der Waals surface area contributed by atoms with Crippen LogP contribution in [0.3, 0.4) is 0 Å². The van der Waals surface area contributed by atoms with Gasteiger partial charge in [-0.2, -0.15) is 0 Å². The standard InChI is InChI=1S/C18H28N2O.ClH/c1-2-14(15-8-4-3-5-9-15)12-18(21)20-17-11-7-6-10-16(17)13-19;/h3-5,8-9,14,16-17H,2,6-7,10-13,19H2,1H3,(H,20,21);1H. The number of hydrogen-bond acceptors (Lipinski definition) is 2. The third kappa shape index (κ3) is 5.29. The van der Waals surface area contributed by atoms with E-state index in [2.05, 4.69) is 24.4 Å². The van der Waals surface area contributed by atoms with Crippen molar-refractivity contribution in [2.24, 2.45) is 11.7 Å². The molecule has 0 spiro atoms. The lowest BCUT2D eigenvalue weighted by atomic mass is 9.84. The molecule has 1 fully saturated rings. The zero-order valence-electron chi connectivity index (χ0n) is 13.5. The van der Waals surface area contributed by atoms with Crippen molar-refractivity contribution in [1.82, 2.24) is 5.32 Å². The normalized spacial score (nSPS) is 22.5. The van der Waals surface area contributed by atoms with Crippen molar-refractivity contribution in [3.8, 4) is 0 Å². The first-order valence-corrected chi connectivity index (χ1v) is 8.29. The van der Waals surface area contributed by atoms with Crippen molar-refractivity contribution >= 4 is 18.3 Å². The SMILES string of the molecule is CCC(CC(=O)NC1CCCCC1CN)c1ccccc1.Cl. The van der Waals surface area contributed by atoms with E-state index in [9.17, 15) is 4.79 Å². The topological polar surface area (TPSA) is 55.1 Å². The summed E-state index contributed by atoms with van der Waals surface area (Å²) < 4.78 is 0. The van der Waals surface area contributed by atoms with Crippen LogP contribution in [0.1, 0.15) is 56.9 Å². The molecule has 124 valence electrons. The molecule has 1 aromatic carbocycles. The molecule has 1 aliphatic rings. The zero-order valence-corrected chi connectivity index (χ0v) is 14.3. The first-order valence-electron chi connectivity index (χ1n) is 8.29. The van der Waals surface area contributed by atoms with E-state index in [1.165, 1.54) is 18.4 Å². The third-order valence-electron chi connectivity index (χ3n) is 4.75. The van der Waals surface area contributed by atoms with Gasteiger partial charge in [-0.3, -0.25) is 4.79 Å². The molecule has 0 heterocycles. The molecule has 1 amide bonds. The molecule has 3 nitrogen and oxygen atoms in total. The van der Waals surface area contributed by atoms with E-state index in [1.807, 2.05) is 18.2 Å². The van der Waals surface area contributed by atoms with Crippen LogP contribution in [0.4, 0.5) is 0 Å². The molecule has 0 aliphatic heterocycles. The summed E-state index contributed by atoms with van der Waals surface area (Å²) in [6, 6.07) is 10.6. The average molecular weight is 325 g/mol. The average Bonchev–Trinajstić information content (AvgIpc) is 2.54. The molecular weight excluding hydrogens is 296 g/mol. The van der Waals surface area contributed by atoms with Crippen LogP contribution in [-0.4, -0.2) is 18.5 Å². The molecule has 1 saturated carbocycles. The highest BCUT2D eigenvalue weighted by molar-refractivity contribution is 5.85. The lowest BCUT2D eigenvalue weighted by Crippen LogP contribution is -2.45. The Labute approximate surface area is 140 Å². The predicted octanol–water partition coefficient (Wildman–Crippen LogP) is 3.63. The molecule has 0 radical (unpaired) electrons. The monoisotopic (exact) mass is 324 g/mol. The summed E-state index contributed by atoms with van der Waals surface area (Å²) in [5.41, 5.74) is 7.10. The molecule has 1 aliphatic carbocycles. The molecule has 2 rings (SSSR count). The fourth-order valence-electron chi connectivity index (χ4n) is 3.39. The van der Waals surface area contributed by atoms with Gasteiger partial charge in [0.05, 0.1) is 0 Å². The summed E-state index contributed by atoms with van der Waals surface area (Å²) in [5, 5.41) is 3.24. The fraction of sp³-hybridized carbons (Fsp3) is 0.611. The summed E-state index contributed by atoms with van der Waals surface area (Å²) in [5.74, 6) is 0.946. The molecule has 0 saturated heterocycles. The van der Waals surface area contributed by atoms with Crippen LogP contribution in [0.25, 0.3) is 0 Å². The van der Waals surface area contributed by atoms with Gasteiger partial charge in [0.15, 0.2) is 0 Å². The number of halogens is 1. The van der Waals surface area contributed by atoms with Gasteiger partial charge < -0.3 is 11.1 Å². The van der Waals surface area contributed by atoms with Crippen LogP contribution >= 0.6 is 12.4 Å². The van der Waals surface area contributed by atoms with Gasteiger partial charge in [-0.1, -0.05) is 50.1 Å². The molecule has 22 heavy (non-hydrogen) atoms. The van der Waals surface area contributed by atoms with Gasteiger partial charge >= 0.3 is 0 Å². The summed E-state index contributed by atoms with van der Waals surface area (Å²) in [7, 11) is 0. The maximum atomic E-state index is 12.4. The van der Waals surface area contributed by atoms with E-state index in [4.69, 9.17) is 5.73 Å². The Morgan fingerprint density at radius 3 is 2.59 bits per heavy atom. The van der Waals surface area contributed by atoms with Crippen LogP contribution in [0.5, 0.6) is 0 Å². The quantitative estimate of drug-likeness (QED) is 0.839. The second kappa shape index (κ2) is 9.86. The Balaban J connectivity index is 0.00000242. The van der Waals surface area contributed by atoms with Gasteiger partial charge in [-0.05, 0) is 43.2 Å². The number of nitrogens with one attached hydrogen (secondary N) is 1. The Bertz CT molecular complexity index is 438. The van der Waals surface area contributed by atoms with E-state index >= 15 is 0 Å². The lowest BCUT2D eigenvalue weighted by molar-refractivity contribution is -0.122. The minimum absolute atomic E-state index is 0. The van der Waals surface area contributed by atoms with E-state index in [1.54, 1.807) is 0 Å². The van der Waals surface area contributed by atoms with Crippen LogP contribution in [0, 0.1) is 5.92 Å². The molecule has 0 bridgehead atoms.